The van der Waals surface area contributed by atoms with Gasteiger partial charge < -0.3 is 10.2 Å². The third-order valence-corrected chi connectivity index (χ3v) is 6.28. The second-order valence-electron chi connectivity index (χ2n) is 6.48. The summed E-state index contributed by atoms with van der Waals surface area (Å²) in [4.78, 5) is 15.0. The van der Waals surface area contributed by atoms with Crippen molar-refractivity contribution in [3.63, 3.8) is 0 Å². The molecular weight excluding hydrogens is 350 g/mol. The minimum Gasteiger partial charge on any atom is -0.370 e. The molecule has 1 saturated heterocycles. The van der Waals surface area contributed by atoms with Crippen LogP contribution in [0.25, 0.3) is 0 Å². The molecule has 7 heteroatoms. The van der Waals surface area contributed by atoms with Gasteiger partial charge in [0.15, 0.2) is 0 Å². The number of amides is 1. The van der Waals surface area contributed by atoms with E-state index in [9.17, 15) is 13.2 Å². The average Bonchev–Trinajstić information content (AvgIpc) is 3.16. The topological polar surface area (TPSA) is 69.7 Å². The van der Waals surface area contributed by atoms with Crippen molar-refractivity contribution in [2.45, 2.75) is 17.7 Å². The molecule has 0 unspecified atom stereocenters. The summed E-state index contributed by atoms with van der Waals surface area (Å²) in [6, 6.07) is 13.8. The Morgan fingerprint density at radius 3 is 2.42 bits per heavy atom. The molecule has 6 nitrogen and oxygen atoms in total. The monoisotopic (exact) mass is 373 g/mol. The highest BCUT2D eigenvalue weighted by molar-refractivity contribution is 7.89. The highest BCUT2D eigenvalue weighted by atomic mass is 32.2. The summed E-state index contributed by atoms with van der Waals surface area (Å²) in [5.74, 6) is -0.326. The number of sulfonamides is 1. The largest absolute Gasteiger partial charge is 0.370 e. The predicted molar refractivity (Wildman–Crippen MR) is 103 cm³/mol. The smallest absolute Gasteiger partial charge is 0.255 e. The van der Waals surface area contributed by atoms with Crippen LogP contribution < -0.4 is 10.2 Å². The molecule has 0 bridgehead atoms. The van der Waals surface area contributed by atoms with Crippen LogP contribution in [0.4, 0.5) is 11.4 Å². The zero-order valence-corrected chi connectivity index (χ0v) is 15.8. The van der Waals surface area contributed by atoms with Crippen molar-refractivity contribution in [2.75, 3.05) is 37.4 Å². The van der Waals surface area contributed by atoms with Crippen molar-refractivity contribution in [2.24, 2.45) is 0 Å². The van der Waals surface area contributed by atoms with E-state index in [0.29, 0.717) is 5.56 Å². The maximum Gasteiger partial charge on any atom is 0.255 e. The van der Waals surface area contributed by atoms with Crippen LogP contribution in [0.15, 0.2) is 53.4 Å². The SMILES string of the molecule is CN(C)S(=O)(=O)c1cccc(C(=O)Nc2ccccc2N2CCCC2)c1. The third-order valence-electron chi connectivity index (χ3n) is 4.47. The van der Waals surface area contributed by atoms with Crippen molar-refractivity contribution in [1.82, 2.24) is 4.31 Å². The normalized spacial score (nSPS) is 14.7. The molecule has 1 aliphatic heterocycles. The van der Waals surface area contributed by atoms with Crippen molar-refractivity contribution in [3.8, 4) is 0 Å². The molecule has 0 aromatic heterocycles. The number of para-hydroxylation sites is 2. The molecule has 2 aromatic carbocycles. The molecule has 3 rings (SSSR count). The molecule has 26 heavy (non-hydrogen) atoms. The van der Waals surface area contributed by atoms with Crippen LogP contribution in [0.1, 0.15) is 23.2 Å². The molecule has 0 saturated carbocycles. The van der Waals surface area contributed by atoms with Gasteiger partial charge in [-0.15, -0.1) is 0 Å². The van der Waals surface area contributed by atoms with Crippen LogP contribution in [0, 0.1) is 0 Å². The lowest BCUT2D eigenvalue weighted by Gasteiger charge is -2.21. The number of nitrogens with one attached hydrogen (secondary N) is 1. The molecule has 138 valence electrons. The lowest BCUT2D eigenvalue weighted by molar-refractivity contribution is 0.102. The molecule has 0 atom stereocenters. The first kappa shape index (κ1) is 18.4. The lowest BCUT2D eigenvalue weighted by atomic mass is 10.2. The molecule has 0 spiro atoms. The fraction of sp³-hybridized carbons (Fsp3) is 0.316. The first-order valence-corrected chi connectivity index (χ1v) is 10.0. The molecule has 0 radical (unpaired) electrons. The number of carbonyl (C=O) groups excluding carboxylic acids is 1. The third kappa shape index (κ3) is 3.73. The number of rotatable bonds is 5. The van der Waals surface area contributed by atoms with Crippen molar-refractivity contribution in [3.05, 3.63) is 54.1 Å². The van der Waals surface area contributed by atoms with Crippen LogP contribution in [-0.2, 0) is 10.0 Å². The summed E-state index contributed by atoms with van der Waals surface area (Å²) >= 11 is 0. The van der Waals surface area contributed by atoms with E-state index in [-0.39, 0.29) is 10.8 Å². The van der Waals surface area contributed by atoms with Gasteiger partial charge in [0.25, 0.3) is 5.91 Å². The Bertz CT molecular complexity index is 904. The van der Waals surface area contributed by atoms with E-state index in [1.807, 2.05) is 24.3 Å². The average molecular weight is 373 g/mol. The Hall–Kier alpha value is -2.38. The lowest BCUT2D eigenvalue weighted by Crippen LogP contribution is -2.23. The van der Waals surface area contributed by atoms with Gasteiger partial charge in [-0.2, -0.15) is 0 Å². The van der Waals surface area contributed by atoms with Gasteiger partial charge in [-0.05, 0) is 43.2 Å². The summed E-state index contributed by atoms with van der Waals surface area (Å²) in [5.41, 5.74) is 2.04. The summed E-state index contributed by atoms with van der Waals surface area (Å²) in [6.45, 7) is 1.95. The van der Waals surface area contributed by atoms with Crippen LogP contribution in [0.3, 0.4) is 0 Å². The molecule has 1 heterocycles. The highest BCUT2D eigenvalue weighted by Gasteiger charge is 2.20. The maximum atomic E-state index is 12.7. The summed E-state index contributed by atoms with van der Waals surface area (Å²) in [7, 11) is -0.649. The van der Waals surface area contributed by atoms with Gasteiger partial charge in [0.2, 0.25) is 10.0 Å². The van der Waals surface area contributed by atoms with Crippen LogP contribution >= 0.6 is 0 Å². The van der Waals surface area contributed by atoms with E-state index < -0.39 is 10.0 Å². The van der Waals surface area contributed by atoms with E-state index in [4.69, 9.17) is 0 Å². The second kappa shape index (κ2) is 7.47. The van der Waals surface area contributed by atoms with E-state index in [0.717, 1.165) is 41.6 Å². The standard InChI is InChI=1S/C19H23N3O3S/c1-21(2)26(24,25)16-9-7-8-15(14-16)19(23)20-17-10-3-4-11-18(17)22-12-5-6-13-22/h3-4,7-11,14H,5-6,12-13H2,1-2H3,(H,20,23). The van der Waals surface area contributed by atoms with E-state index in [2.05, 4.69) is 10.2 Å². The summed E-state index contributed by atoms with van der Waals surface area (Å²) in [6.07, 6.45) is 2.29. The quantitative estimate of drug-likeness (QED) is 0.875. The van der Waals surface area contributed by atoms with E-state index >= 15 is 0 Å². The summed E-state index contributed by atoms with van der Waals surface area (Å²) in [5, 5.41) is 2.92. The molecule has 1 aliphatic rings. The van der Waals surface area contributed by atoms with Gasteiger partial charge in [-0.3, -0.25) is 4.79 Å². The zero-order valence-electron chi connectivity index (χ0n) is 15.0. The minimum absolute atomic E-state index is 0.1000. The van der Waals surface area contributed by atoms with Crippen LogP contribution in [0.2, 0.25) is 0 Å². The zero-order chi connectivity index (χ0) is 18.7. The Balaban J connectivity index is 1.86. The van der Waals surface area contributed by atoms with Gasteiger partial charge in [-0.25, -0.2) is 12.7 Å². The molecular formula is C19H23N3O3S. The fourth-order valence-electron chi connectivity index (χ4n) is 3.02. The van der Waals surface area contributed by atoms with Gasteiger partial charge in [0.1, 0.15) is 0 Å². The predicted octanol–water partition coefficient (Wildman–Crippen LogP) is 2.79. The number of anilines is 2. The van der Waals surface area contributed by atoms with Crippen molar-refractivity contribution < 1.29 is 13.2 Å². The van der Waals surface area contributed by atoms with Crippen LogP contribution in [-0.4, -0.2) is 45.8 Å². The van der Waals surface area contributed by atoms with Crippen LogP contribution in [0.5, 0.6) is 0 Å². The fourth-order valence-corrected chi connectivity index (χ4v) is 3.96. The van der Waals surface area contributed by atoms with Gasteiger partial charge in [0, 0.05) is 32.7 Å². The molecule has 2 aromatic rings. The number of nitrogens with zero attached hydrogens (tertiary/aromatic N) is 2. The van der Waals surface area contributed by atoms with Crippen molar-refractivity contribution >= 4 is 27.3 Å². The Labute approximate surface area is 154 Å². The highest BCUT2D eigenvalue weighted by Crippen LogP contribution is 2.29. The first-order valence-electron chi connectivity index (χ1n) is 8.57. The second-order valence-corrected chi connectivity index (χ2v) is 8.63. The molecule has 1 fully saturated rings. The van der Waals surface area contributed by atoms with Crippen molar-refractivity contribution in [1.29, 1.82) is 0 Å². The maximum absolute atomic E-state index is 12.7. The first-order chi connectivity index (χ1) is 12.4. The Morgan fingerprint density at radius 1 is 1.04 bits per heavy atom. The van der Waals surface area contributed by atoms with Gasteiger partial charge in [-0.1, -0.05) is 18.2 Å². The summed E-state index contributed by atoms with van der Waals surface area (Å²) < 4.78 is 25.7. The van der Waals surface area contributed by atoms with Gasteiger partial charge >= 0.3 is 0 Å². The molecule has 1 N–H and O–H groups in total. The number of carbonyl (C=O) groups is 1. The van der Waals surface area contributed by atoms with E-state index in [1.165, 1.54) is 26.2 Å². The molecule has 1 amide bonds. The number of benzene rings is 2. The Kier molecular flexibility index (Phi) is 5.29. The minimum atomic E-state index is -3.58. The number of hydrogen-bond acceptors (Lipinski definition) is 4. The number of hydrogen-bond donors (Lipinski definition) is 1. The van der Waals surface area contributed by atoms with Gasteiger partial charge in [0.05, 0.1) is 16.3 Å². The van der Waals surface area contributed by atoms with E-state index in [1.54, 1.807) is 12.1 Å². The molecule has 0 aliphatic carbocycles. The Morgan fingerprint density at radius 2 is 1.73 bits per heavy atom.